The van der Waals surface area contributed by atoms with Crippen LogP contribution in [0.15, 0.2) is 0 Å². The first-order valence-corrected chi connectivity index (χ1v) is 2.98. The number of carboxylic acid groups (broad SMARTS) is 2. The quantitative estimate of drug-likeness (QED) is 0.466. The Labute approximate surface area is 63.2 Å². The molecule has 0 saturated carbocycles. The highest BCUT2D eigenvalue weighted by Gasteiger charge is 2.05. The number of hydrogen-bond donors (Lipinski definition) is 4. The molecule has 0 aliphatic rings. The lowest BCUT2D eigenvalue weighted by Gasteiger charge is -2.09. The van der Waals surface area contributed by atoms with E-state index in [1.807, 2.05) is 5.32 Å². The van der Waals surface area contributed by atoms with Crippen molar-refractivity contribution in [1.29, 1.82) is 0 Å². The summed E-state index contributed by atoms with van der Waals surface area (Å²) >= 11 is 0. The maximum Gasteiger partial charge on any atom is 0.404 e. The summed E-state index contributed by atoms with van der Waals surface area (Å²) in [4.78, 5) is 19.9. The molecular formula is C5H10N2O4. The van der Waals surface area contributed by atoms with E-state index in [2.05, 4.69) is 5.32 Å². The van der Waals surface area contributed by atoms with Gasteiger partial charge < -0.3 is 20.8 Å². The van der Waals surface area contributed by atoms with Crippen LogP contribution < -0.4 is 10.6 Å². The Bertz CT molecular complexity index is 159. The Hall–Kier alpha value is -1.46. The summed E-state index contributed by atoms with van der Waals surface area (Å²) in [5.41, 5.74) is 0. The Morgan fingerprint density at radius 2 is 1.91 bits per heavy atom. The predicted octanol–water partition coefficient (Wildman–Crippen LogP) is -0.0899. The second-order valence-corrected chi connectivity index (χ2v) is 2.04. The summed E-state index contributed by atoms with van der Waals surface area (Å²) in [6.07, 6.45) is -2.33. The molecule has 0 radical (unpaired) electrons. The van der Waals surface area contributed by atoms with Gasteiger partial charge in [0, 0.05) is 12.6 Å². The van der Waals surface area contributed by atoms with Crippen molar-refractivity contribution in [1.82, 2.24) is 10.6 Å². The SMILES string of the molecule is CC(CNC(=O)O)NC(=O)O. The molecular weight excluding hydrogens is 152 g/mol. The lowest BCUT2D eigenvalue weighted by Crippen LogP contribution is -2.40. The Morgan fingerprint density at radius 3 is 2.27 bits per heavy atom. The highest BCUT2D eigenvalue weighted by atomic mass is 16.4. The molecule has 0 aliphatic heterocycles. The van der Waals surface area contributed by atoms with Crippen LogP contribution in [0.25, 0.3) is 0 Å². The number of rotatable bonds is 3. The van der Waals surface area contributed by atoms with Crippen LogP contribution in [0.2, 0.25) is 0 Å². The van der Waals surface area contributed by atoms with Crippen LogP contribution in [0.4, 0.5) is 9.59 Å². The van der Waals surface area contributed by atoms with Gasteiger partial charge in [-0.05, 0) is 6.92 Å². The monoisotopic (exact) mass is 162 g/mol. The van der Waals surface area contributed by atoms with E-state index in [1.165, 1.54) is 0 Å². The van der Waals surface area contributed by atoms with E-state index in [9.17, 15) is 9.59 Å². The molecule has 0 spiro atoms. The number of carbonyl (C=O) groups is 2. The van der Waals surface area contributed by atoms with Gasteiger partial charge in [0.05, 0.1) is 0 Å². The van der Waals surface area contributed by atoms with Gasteiger partial charge in [-0.25, -0.2) is 9.59 Å². The van der Waals surface area contributed by atoms with Gasteiger partial charge in [-0.3, -0.25) is 0 Å². The van der Waals surface area contributed by atoms with E-state index < -0.39 is 18.2 Å². The molecule has 11 heavy (non-hydrogen) atoms. The van der Waals surface area contributed by atoms with Crippen molar-refractivity contribution in [2.75, 3.05) is 6.54 Å². The topological polar surface area (TPSA) is 98.7 Å². The molecule has 0 aliphatic carbocycles. The average Bonchev–Trinajstić information content (AvgIpc) is 1.82. The number of hydrogen-bond acceptors (Lipinski definition) is 2. The molecule has 6 heteroatoms. The van der Waals surface area contributed by atoms with Crippen molar-refractivity contribution in [2.45, 2.75) is 13.0 Å². The Kier molecular flexibility index (Phi) is 3.79. The van der Waals surface area contributed by atoms with Gasteiger partial charge in [-0.2, -0.15) is 0 Å². The molecule has 4 N–H and O–H groups in total. The molecule has 0 aromatic heterocycles. The zero-order chi connectivity index (χ0) is 8.85. The van der Waals surface area contributed by atoms with E-state index in [1.54, 1.807) is 6.92 Å². The van der Waals surface area contributed by atoms with Crippen molar-refractivity contribution >= 4 is 12.2 Å². The van der Waals surface area contributed by atoms with Gasteiger partial charge in [0.25, 0.3) is 0 Å². The molecule has 0 rings (SSSR count). The van der Waals surface area contributed by atoms with Crippen molar-refractivity contribution < 1.29 is 19.8 Å². The second-order valence-electron chi connectivity index (χ2n) is 2.04. The first kappa shape index (κ1) is 9.54. The van der Waals surface area contributed by atoms with Crippen LogP contribution in [0.3, 0.4) is 0 Å². The smallest absolute Gasteiger partial charge is 0.404 e. The third kappa shape index (κ3) is 6.42. The van der Waals surface area contributed by atoms with Crippen LogP contribution in [-0.4, -0.2) is 35.0 Å². The first-order chi connectivity index (χ1) is 5.02. The first-order valence-electron chi connectivity index (χ1n) is 2.98. The van der Waals surface area contributed by atoms with Gasteiger partial charge in [0.2, 0.25) is 0 Å². The summed E-state index contributed by atoms with van der Waals surface area (Å²) in [5, 5.41) is 20.4. The van der Waals surface area contributed by atoms with Gasteiger partial charge >= 0.3 is 12.2 Å². The summed E-state index contributed by atoms with van der Waals surface area (Å²) in [6.45, 7) is 1.63. The van der Waals surface area contributed by atoms with Crippen LogP contribution in [0, 0.1) is 0 Å². The van der Waals surface area contributed by atoms with E-state index in [-0.39, 0.29) is 6.54 Å². The van der Waals surface area contributed by atoms with Crippen LogP contribution in [-0.2, 0) is 0 Å². The molecule has 0 aromatic rings. The minimum absolute atomic E-state index is 0.0711. The highest BCUT2D eigenvalue weighted by Crippen LogP contribution is 1.77. The lowest BCUT2D eigenvalue weighted by atomic mass is 10.3. The molecule has 1 atom stereocenters. The molecule has 0 saturated heterocycles. The largest absolute Gasteiger partial charge is 0.465 e. The standard InChI is InChI=1S/C5H10N2O4/c1-3(7-5(10)11)2-6-4(8)9/h3,6-7H,2H2,1H3,(H,8,9)(H,10,11). The maximum absolute atomic E-state index is 9.97. The van der Waals surface area contributed by atoms with Crippen molar-refractivity contribution in [3.8, 4) is 0 Å². The summed E-state index contributed by atoms with van der Waals surface area (Å²) in [6, 6.07) is -0.413. The van der Waals surface area contributed by atoms with Crippen LogP contribution in [0.5, 0.6) is 0 Å². The molecule has 64 valence electrons. The van der Waals surface area contributed by atoms with Crippen molar-refractivity contribution in [3.63, 3.8) is 0 Å². The lowest BCUT2D eigenvalue weighted by molar-refractivity contribution is 0.184. The fraction of sp³-hybridized carbons (Fsp3) is 0.600. The van der Waals surface area contributed by atoms with E-state index in [4.69, 9.17) is 10.2 Å². The van der Waals surface area contributed by atoms with Gasteiger partial charge in [0.1, 0.15) is 0 Å². The molecule has 2 amide bonds. The molecule has 1 unspecified atom stereocenters. The zero-order valence-corrected chi connectivity index (χ0v) is 6.00. The predicted molar refractivity (Wildman–Crippen MR) is 36.6 cm³/mol. The Balaban J connectivity index is 3.44. The van der Waals surface area contributed by atoms with Crippen molar-refractivity contribution in [2.24, 2.45) is 0 Å². The molecule has 0 bridgehead atoms. The Morgan fingerprint density at radius 1 is 1.36 bits per heavy atom. The minimum Gasteiger partial charge on any atom is -0.465 e. The summed E-state index contributed by atoms with van der Waals surface area (Å²) in [7, 11) is 0. The molecule has 0 heterocycles. The summed E-state index contributed by atoms with van der Waals surface area (Å²) in [5.74, 6) is 0. The third-order valence-corrected chi connectivity index (χ3v) is 0.929. The highest BCUT2D eigenvalue weighted by molar-refractivity contribution is 5.66. The molecule has 0 aromatic carbocycles. The second kappa shape index (κ2) is 4.37. The fourth-order valence-electron chi connectivity index (χ4n) is 0.502. The van der Waals surface area contributed by atoms with Crippen molar-refractivity contribution in [3.05, 3.63) is 0 Å². The molecule has 0 fully saturated rings. The summed E-state index contributed by atoms with van der Waals surface area (Å²) < 4.78 is 0. The van der Waals surface area contributed by atoms with Gasteiger partial charge in [-0.15, -0.1) is 0 Å². The minimum atomic E-state index is -1.16. The third-order valence-electron chi connectivity index (χ3n) is 0.929. The van der Waals surface area contributed by atoms with Gasteiger partial charge in [-0.1, -0.05) is 0 Å². The average molecular weight is 162 g/mol. The van der Waals surface area contributed by atoms with Crippen LogP contribution in [0.1, 0.15) is 6.92 Å². The zero-order valence-electron chi connectivity index (χ0n) is 6.00. The van der Waals surface area contributed by atoms with Crippen LogP contribution >= 0.6 is 0 Å². The number of nitrogens with one attached hydrogen (secondary N) is 2. The van der Waals surface area contributed by atoms with Gasteiger partial charge in [0.15, 0.2) is 0 Å². The molecule has 6 nitrogen and oxygen atoms in total. The number of amides is 2. The maximum atomic E-state index is 9.97. The van der Waals surface area contributed by atoms with E-state index in [0.29, 0.717) is 0 Å². The van der Waals surface area contributed by atoms with E-state index in [0.717, 1.165) is 0 Å². The van der Waals surface area contributed by atoms with E-state index >= 15 is 0 Å². The fourth-order valence-corrected chi connectivity index (χ4v) is 0.502. The normalized spacial score (nSPS) is 11.7.